The Hall–Kier alpha value is -2.30. The monoisotopic (exact) mass is 327 g/mol. The van der Waals surface area contributed by atoms with Crippen LogP contribution in [0.1, 0.15) is 38.2 Å². The smallest absolute Gasteiger partial charge is 0.242 e. The van der Waals surface area contributed by atoms with Crippen molar-refractivity contribution >= 4 is 22.7 Å². The predicted octanol–water partition coefficient (Wildman–Crippen LogP) is 2.52. The summed E-state index contributed by atoms with van der Waals surface area (Å²) >= 11 is 0. The van der Waals surface area contributed by atoms with Crippen molar-refractivity contribution in [1.82, 2.24) is 15.6 Å². The molecule has 0 bridgehead atoms. The van der Waals surface area contributed by atoms with Crippen LogP contribution in [0.5, 0.6) is 0 Å². The molecule has 1 aromatic carbocycles. The van der Waals surface area contributed by atoms with Crippen LogP contribution in [-0.4, -0.2) is 29.4 Å². The number of hydrogen-bond acceptors (Lipinski definition) is 2. The van der Waals surface area contributed by atoms with Crippen molar-refractivity contribution in [1.29, 1.82) is 0 Å². The number of carbonyl (C=O) groups is 2. The van der Waals surface area contributed by atoms with Gasteiger partial charge in [-0.25, -0.2) is 0 Å². The first-order valence-corrected chi connectivity index (χ1v) is 8.75. The summed E-state index contributed by atoms with van der Waals surface area (Å²) < 4.78 is 0. The van der Waals surface area contributed by atoms with Gasteiger partial charge in [-0.1, -0.05) is 31.0 Å². The lowest BCUT2D eigenvalue weighted by Gasteiger charge is -2.23. The van der Waals surface area contributed by atoms with Gasteiger partial charge in [0.25, 0.3) is 0 Å². The van der Waals surface area contributed by atoms with E-state index in [2.05, 4.69) is 21.7 Å². The Morgan fingerprint density at radius 1 is 1.25 bits per heavy atom. The fraction of sp³-hybridized carbons (Fsp3) is 0.474. The van der Waals surface area contributed by atoms with Gasteiger partial charge in [0.2, 0.25) is 11.8 Å². The highest BCUT2D eigenvalue weighted by Crippen LogP contribution is 2.28. The number of para-hydroxylation sites is 1. The number of aromatic amines is 1. The molecule has 5 nitrogen and oxygen atoms in total. The largest absolute Gasteiger partial charge is 0.361 e. The van der Waals surface area contributed by atoms with Gasteiger partial charge in [-0.2, -0.15) is 0 Å². The summed E-state index contributed by atoms with van der Waals surface area (Å²) in [7, 11) is 0. The first-order chi connectivity index (χ1) is 11.6. The topological polar surface area (TPSA) is 74.0 Å². The van der Waals surface area contributed by atoms with Gasteiger partial charge in [0.15, 0.2) is 0 Å². The predicted molar refractivity (Wildman–Crippen MR) is 94.6 cm³/mol. The van der Waals surface area contributed by atoms with E-state index < -0.39 is 6.04 Å². The third-order valence-electron chi connectivity index (χ3n) is 4.88. The second-order valence-electron chi connectivity index (χ2n) is 6.62. The van der Waals surface area contributed by atoms with E-state index in [-0.39, 0.29) is 17.7 Å². The van der Waals surface area contributed by atoms with Gasteiger partial charge >= 0.3 is 0 Å². The van der Waals surface area contributed by atoms with E-state index in [0.717, 1.165) is 37.6 Å². The Labute approximate surface area is 142 Å². The Morgan fingerprint density at radius 3 is 2.75 bits per heavy atom. The van der Waals surface area contributed by atoms with Gasteiger partial charge in [0.1, 0.15) is 6.04 Å². The van der Waals surface area contributed by atoms with Crippen LogP contribution in [0.2, 0.25) is 0 Å². The molecule has 1 heterocycles. The third-order valence-corrected chi connectivity index (χ3v) is 4.88. The van der Waals surface area contributed by atoms with Crippen molar-refractivity contribution in [3.8, 4) is 0 Å². The molecule has 1 saturated carbocycles. The molecule has 2 amide bonds. The second kappa shape index (κ2) is 7.51. The van der Waals surface area contributed by atoms with E-state index in [0.29, 0.717) is 6.54 Å². The molecule has 3 N–H and O–H groups in total. The molecule has 1 aliphatic carbocycles. The minimum atomic E-state index is -0.395. The van der Waals surface area contributed by atoms with E-state index >= 15 is 0 Å². The van der Waals surface area contributed by atoms with Crippen LogP contribution in [0.15, 0.2) is 30.5 Å². The first kappa shape index (κ1) is 16.6. The molecule has 5 heteroatoms. The normalized spacial score (nSPS) is 16.2. The average Bonchev–Trinajstić information content (AvgIpc) is 3.22. The molecule has 1 fully saturated rings. The Morgan fingerprint density at radius 2 is 2.00 bits per heavy atom. The lowest BCUT2D eigenvalue weighted by atomic mass is 9.97. The summed E-state index contributed by atoms with van der Waals surface area (Å²) in [6.45, 7) is 2.05. The number of aromatic nitrogens is 1. The van der Waals surface area contributed by atoms with Crippen LogP contribution < -0.4 is 10.6 Å². The number of amides is 2. The fourth-order valence-corrected chi connectivity index (χ4v) is 3.68. The van der Waals surface area contributed by atoms with Crippen LogP contribution in [-0.2, 0) is 16.0 Å². The fourth-order valence-electron chi connectivity index (χ4n) is 3.68. The van der Waals surface area contributed by atoms with E-state index in [9.17, 15) is 9.59 Å². The number of hydrogen-bond donors (Lipinski definition) is 3. The highest BCUT2D eigenvalue weighted by atomic mass is 16.2. The molecule has 24 heavy (non-hydrogen) atoms. The van der Waals surface area contributed by atoms with Crippen LogP contribution in [0, 0.1) is 5.92 Å². The molecular weight excluding hydrogens is 302 g/mol. The molecule has 0 radical (unpaired) electrons. The molecule has 1 atom stereocenters. The molecule has 128 valence electrons. The van der Waals surface area contributed by atoms with Crippen molar-refractivity contribution in [2.75, 3.05) is 6.54 Å². The zero-order valence-electron chi connectivity index (χ0n) is 14.1. The maximum atomic E-state index is 12.5. The number of benzene rings is 1. The quantitative estimate of drug-likeness (QED) is 0.763. The van der Waals surface area contributed by atoms with Gasteiger partial charge in [-0.05, 0) is 36.8 Å². The van der Waals surface area contributed by atoms with E-state index in [1.807, 2.05) is 24.4 Å². The zero-order valence-corrected chi connectivity index (χ0v) is 14.1. The first-order valence-electron chi connectivity index (χ1n) is 8.75. The Kier molecular flexibility index (Phi) is 5.18. The van der Waals surface area contributed by atoms with Crippen molar-refractivity contribution in [3.05, 3.63) is 36.0 Å². The van der Waals surface area contributed by atoms with Gasteiger partial charge in [0, 0.05) is 30.6 Å². The van der Waals surface area contributed by atoms with Crippen molar-refractivity contribution < 1.29 is 9.59 Å². The summed E-state index contributed by atoms with van der Waals surface area (Å²) in [5, 5.41) is 7.03. The van der Waals surface area contributed by atoms with E-state index in [1.54, 1.807) is 0 Å². The van der Waals surface area contributed by atoms with Crippen LogP contribution in [0.3, 0.4) is 0 Å². The summed E-state index contributed by atoms with van der Waals surface area (Å²) in [4.78, 5) is 27.2. The van der Waals surface area contributed by atoms with E-state index in [4.69, 9.17) is 0 Å². The maximum absolute atomic E-state index is 12.5. The number of fused-ring (bicyclic) bond motifs is 1. The van der Waals surface area contributed by atoms with E-state index in [1.165, 1.54) is 17.9 Å². The Balaban J connectivity index is 1.57. The Bertz CT molecular complexity index is 716. The lowest BCUT2D eigenvalue weighted by Crippen LogP contribution is -2.50. The van der Waals surface area contributed by atoms with Gasteiger partial charge in [-0.15, -0.1) is 0 Å². The van der Waals surface area contributed by atoms with Gasteiger partial charge in [-0.3, -0.25) is 9.59 Å². The minimum Gasteiger partial charge on any atom is -0.361 e. The summed E-state index contributed by atoms with van der Waals surface area (Å²) in [6, 6.07) is 7.76. The summed E-state index contributed by atoms with van der Waals surface area (Å²) in [5.74, 6) is 0.0672. The summed E-state index contributed by atoms with van der Waals surface area (Å²) in [6.07, 6.45) is 7.08. The van der Waals surface area contributed by atoms with Crippen LogP contribution >= 0.6 is 0 Å². The average molecular weight is 327 g/mol. The van der Waals surface area contributed by atoms with Gasteiger partial charge in [0.05, 0.1) is 0 Å². The standard InChI is InChI=1S/C19H25N3O2/c1-13(23)22-18(14-6-2-3-7-14)19(24)20-11-10-15-12-21-17-9-5-4-8-16(15)17/h4-5,8-9,12,14,18,21H,2-3,6-7,10-11H2,1H3,(H,20,24)(H,22,23). The molecule has 1 aliphatic rings. The molecule has 2 aromatic rings. The molecule has 0 spiro atoms. The van der Waals surface area contributed by atoms with Crippen LogP contribution in [0.25, 0.3) is 10.9 Å². The number of nitrogens with one attached hydrogen (secondary N) is 3. The molecule has 0 saturated heterocycles. The van der Waals surface area contributed by atoms with Crippen molar-refractivity contribution in [3.63, 3.8) is 0 Å². The highest BCUT2D eigenvalue weighted by Gasteiger charge is 2.31. The summed E-state index contributed by atoms with van der Waals surface area (Å²) in [5.41, 5.74) is 2.31. The lowest BCUT2D eigenvalue weighted by molar-refractivity contribution is -0.129. The van der Waals surface area contributed by atoms with Crippen molar-refractivity contribution in [2.45, 2.75) is 45.1 Å². The zero-order chi connectivity index (χ0) is 16.9. The molecular formula is C19H25N3O2. The molecule has 1 unspecified atom stereocenters. The number of carbonyl (C=O) groups excluding carboxylic acids is 2. The highest BCUT2D eigenvalue weighted by molar-refractivity contribution is 5.87. The number of rotatable bonds is 6. The molecule has 0 aliphatic heterocycles. The van der Waals surface area contributed by atoms with Crippen molar-refractivity contribution in [2.24, 2.45) is 5.92 Å². The van der Waals surface area contributed by atoms with Crippen LogP contribution in [0.4, 0.5) is 0 Å². The third kappa shape index (κ3) is 3.78. The van der Waals surface area contributed by atoms with Gasteiger partial charge < -0.3 is 15.6 Å². The SMILES string of the molecule is CC(=O)NC(C(=O)NCCc1c[nH]c2ccccc12)C1CCCC1. The second-order valence-corrected chi connectivity index (χ2v) is 6.62. The minimum absolute atomic E-state index is 0.0584. The maximum Gasteiger partial charge on any atom is 0.242 e. The molecule has 1 aromatic heterocycles. The molecule has 3 rings (SSSR count). The number of H-pyrrole nitrogens is 1.